The number of hydrogen-bond donors (Lipinski definition) is 3. The molecule has 11 heavy (non-hydrogen) atoms. The largest absolute Gasteiger partial charge is 0.468 e. The number of carbonyl (C=O) groups is 1. The van der Waals surface area contributed by atoms with Gasteiger partial charge in [0.25, 0.3) is 0 Å². The smallest absolute Gasteiger partial charge is 0.324 e. The van der Waals surface area contributed by atoms with Crippen molar-refractivity contribution in [3.63, 3.8) is 0 Å². The summed E-state index contributed by atoms with van der Waals surface area (Å²) >= 11 is 0. The van der Waals surface area contributed by atoms with Crippen molar-refractivity contribution in [2.24, 2.45) is 0 Å². The van der Waals surface area contributed by atoms with E-state index in [1.807, 2.05) is 0 Å². The third kappa shape index (κ3) is 1.66. The SMILES string of the molecule is COC(=O)C1CC(O)N(O)N1. The fraction of sp³-hybridized carbons (Fsp3) is 0.800. The Balaban J connectivity index is 2.46. The molecule has 1 fully saturated rings. The Kier molecular flexibility index (Phi) is 2.40. The van der Waals surface area contributed by atoms with E-state index in [9.17, 15) is 4.79 Å². The van der Waals surface area contributed by atoms with Crippen LogP contribution in [0.15, 0.2) is 0 Å². The molecule has 1 rings (SSSR count). The van der Waals surface area contributed by atoms with Crippen molar-refractivity contribution in [3.8, 4) is 0 Å². The molecule has 0 amide bonds. The highest BCUT2D eigenvalue weighted by molar-refractivity contribution is 5.75. The maximum absolute atomic E-state index is 10.8. The molecule has 1 saturated heterocycles. The van der Waals surface area contributed by atoms with Crippen LogP contribution in [-0.2, 0) is 9.53 Å². The van der Waals surface area contributed by atoms with Crippen molar-refractivity contribution < 1.29 is 19.8 Å². The average Bonchev–Trinajstić information content (AvgIpc) is 2.31. The van der Waals surface area contributed by atoms with Gasteiger partial charge >= 0.3 is 5.97 Å². The quantitative estimate of drug-likeness (QED) is 0.405. The van der Waals surface area contributed by atoms with Gasteiger partial charge in [-0.05, 0) is 0 Å². The van der Waals surface area contributed by atoms with E-state index in [2.05, 4.69) is 10.2 Å². The number of nitrogens with zero attached hydrogens (tertiary/aromatic N) is 1. The van der Waals surface area contributed by atoms with E-state index in [1.165, 1.54) is 7.11 Å². The van der Waals surface area contributed by atoms with E-state index in [-0.39, 0.29) is 6.42 Å². The lowest BCUT2D eigenvalue weighted by molar-refractivity contribution is -0.204. The number of aliphatic hydroxyl groups excluding tert-OH is 1. The summed E-state index contributed by atoms with van der Waals surface area (Å²) in [7, 11) is 1.25. The molecule has 2 atom stereocenters. The van der Waals surface area contributed by atoms with Crippen molar-refractivity contribution in [1.29, 1.82) is 0 Å². The molecule has 0 aromatic carbocycles. The lowest BCUT2D eigenvalue weighted by atomic mass is 10.2. The van der Waals surface area contributed by atoms with Crippen LogP contribution in [0.2, 0.25) is 0 Å². The maximum atomic E-state index is 10.8. The predicted molar refractivity (Wildman–Crippen MR) is 33.2 cm³/mol. The highest BCUT2D eigenvalue weighted by Gasteiger charge is 2.34. The number of hydrogen-bond acceptors (Lipinski definition) is 6. The van der Waals surface area contributed by atoms with Crippen molar-refractivity contribution in [2.75, 3.05) is 7.11 Å². The third-order valence-electron chi connectivity index (χ3n) is 1.50. The summed E-state index contributed by atoms with van der Waals surface area (Å²) in [6.45, 7) is 0. The van der Waals surface area contributed by atoms with Gasteiger partial charge in [0.15, 0.2) is 0 Å². The van der Waals surface area contributed by atoms with Gasteiger partial charge in [0.1, 0.15) is 12.3 Å². The Labute approximate surface area is 63.3 Å². The first-order chi connectivity index (χ1) is 5.15. The minimum absolute atomic E-state index is 0.128. The predicted octanol–water partition coefficient (Wildman–Crippen LogP) is -1.55. The minimum atomic E-state index is -1.04. The van der Waals surface area contributed by atoms with Crippen LogP contribution < -0.4 is 5.43 Å². The minimum Gasteiger partial charge on any atom is -0.468 e. The van der Waals surface area contributed by atoms with E-state index >= 15 is 0 Å². The summed E-state index contributed by atoms with van der Waals surface area (Å²) in [6, 6.07) is -0.653. The van der Waals surface area contributed by atoms with Gasteiger partial charge in [0.05, 0.1) is 7.11 Å². The second-order valence-corrected chi connectivity index (χ2v) is 2.27. The van der Waals surface area contributed by atoms with Crippen LogP contribution in [0, 0.1) is 0 Å². The first kappa shape index (κ1) is 8.41. The first-order valence-corrected chi connectivity index (χ1v) is 3.15. The highest BCUT2D eigenvalue weighted by atomic mass is 16.6. The van der Waals surface area contributed by atoms with E-state index in [4.69, 9.17) is 10.3 Å². The van der Waals surface area contributed by atoms with Gasteiger partial charge < -0.3 is 9.84 Å². The summed E-state index contributed by atoms with van der Waals surface area (Å²) < 4.78 is 4.38. The first-order valence-electron chi connectivity index (χ1n) is 3.15. The van der Waals surface area contributed by atoms with E-state index in [0.29, 0.717) is 5.17 Å². The zero-order valence-electron chi connectivity index (χ0n) is 6.02. The molecule has 3 N–H and O–H groups in total. The monoisotopic (exact) mass is 162 g/mol. The molecule has 1 aliphatic heterocycles. The number of hydrazine groups is 1. The number of rotatable bonds is 1. The number of methoxy groups -OCH3 is 1. The Morgan fingerprint density at radius 1 is 1.82 bits per heavy atom. The lowest BCUT2D eigenvalue weighted by Crippen LogP contribution is -2.39. The van der Waals surface area contributed by atoms with Crippen LogP contribution in [0.3, 0.4) is 0 Å². The summed E-state index contributed by atoms with van der Waals surface area (Å²) in [4.78, 5) is 10.8. The molecule has 64 valence electrons. The molecular weight excluding hydrogens is 152 g/mol. The summed E-state index contributed by atoms with van der Waals surface area (Å²) in [5.41, 5.74) is 2.32. The van der Waals surface area contributed by atoms with E-state index < -0.39 is 18.2 Å². The third-order valence-corrected chi connectivity index (χ3v) is 1.50. The molecule has 0 bridgehead atoms. The van der Waals surface area contributed by atoms with Gasteiger partial charge in [-0.25, -0.2) is 5.43 Å². The number of nitrogens with one attached hydrogen (secondary N) is 1. The summed E-state index contributed by atoms with van der Waals surface area (Å²) in [5.74, 6) is -0.499. The zero-order chi connectivity index (χ0) is 8.43. The number of esters is 1. The van der Waals surface area contributed by atoms with Crippen LogP contribution in [0.5, 0.6) is 0 Å². The summed E-state index contributed by atoms with van der Waals surface area (Å²) in [6.07, 6.45) is -0.914. The molecule has 1 heterocycles. The standard InChI is InChI=1S/C5H10N2O4/c1-11-5(9)3-2-4(8)7(10)6-3/h3-4,6,8,10H,2H2,1H3. The van der Waals surface area contributed by atoms with Crippen molar-refractivity contribution >= 4 is 5.97 Å². The average molecular weight is 162 g/mol. The van der Waals surface area contributed by atoms with Crippen LogP contribution in [0.25, 0.3) is 0 Å². The molecule has 0 saturated carbocycles. The highest BCUT2D eigenvalue weighted by Crippen LogP contribution is 2.10. The molecule has 6 nitrogen and oxygen atoms in total. The normalized spacial score (nSPS) is 32.3. The van der Waals surface area contributed by atoms with Gasteiger partial charge in [-0.2, -0.15) is 0 Å². The summed E-state index contributed by atoms with van der Waals surface area (Å²) in [5, 5.41) is 18.2. The molecular formula is C5H10N2O4. The Bertz CT molecular complexity index is 153. The second-order valence-electron chi connectivity index (χ2n) is 2.27. The molecule has 2 unspecified atom stereocenters. The number of ether oxygens (including phenoxy) is 1. The van der Waals surface area contributed by atoms with Crippen molar-refractivity contribution in [3.05, 3.63) is 0 Å². The molecule has 6 heteroatoms. The van der Waals surface area contributed by atoms with Crippen LogP contribution in [0.1, 0.15) is 6.42 Å². The molecule has 0 aromatic heterocycles. The number of hydroxylamine groups is 1. The fourth-order valence-corrected chi connectivity index (χ4v) is 0.900. The van der Waals surface area contributed by atoms with Crippen molar-refractivity contribution in [1.82, 2.24) is 10.6 Å². The molecule has 0 aliphatic carbocycles. The Morgan fingerprint density at radius 3 is 2.82 bits per heavy atom. The zero-order valence-corrected chi connectivity index (χ0v) is 6.02. The molecule has 1 aliphatic rings. The molecule has 0 aromatic rings. The Hall–Kier alpha value is -0.690. The van der Waals surface area contributed by atoms with Crippen LogP contribution in [-0.4, -0.2) is 40.8 Å². The second kappa shape index (κ2) is 3.14. The topological polar surface area (TPSA) is 82.0 Å². The number of aliphatic hydroxyl groups is 1. The maximum Gasteiger partial charge on any atom is 0.324 e. The Morgan fingerprint density at radius 2 is 2.45 bits per heavy atom. The molecule has 0 radical (unpaired) electrons. The van der Waals surface area contributed by atoms with Gasteiger partial charge in [-0.15, -0.1) is 0 Å². The van der Waals surface area contributed by atoms with Gasteiger partial charge in [-0.1, -0.05) is 5.17 Å². The van der Waals surface area contributed by atoms with Crippen LogP contribution >= 0.6 is 0 Å². The lowest BCUT2D eigenvalue weighted by Gasteiger charge is -2.09. The van der Waals surface area contributed by atoms with E-state index in [0.717, 1.165) is 0 Å². The van der Waals surface area contributed by atoms with Crippen molar-refractivity contribution in [2.45, 2.75) is 18.7 Å². The van der Waals surface area contributed by atoms with E-state index in [1.54, 1.807) is 0 Å². The van der Waals surface area contributed by atoms with Gasteiger partial charge in [-0.3, -0.25) is 10.0 Å². The van der Waals surface area contributed by atoms with Gasteiger partial charge in [0, 0.05) is 6.42 Å². The number of carbonyl (C=O) groups excluding carboxylic acids is 1. The molecule has 0 spiro atoms. The van der Waals surface area contributed by atoms with Gasteiger partial charge in [0.2, 0.25) is 0 Å². The van der Waals surface area contributed by atoms with Crippen LogP contribution in [0.4, 0.5) is 0 Å². The fourth-order valence-electron chi connectivity index (χ4n) is 0.900.